The maximum absolute atomic E-state index is 6.22. The molecule has 70 valence electrons. The fourth-order valence-electron chi connectivity index (χ4n) is 2.10. The summed E-state index contributed by atoms with van der Waals surface area (Å²) in [5.74, 6) is 0. The average molecular weight is 175 g/mol. The van der Waals surface area contributed by atoms with Crippen LogP contribution in [0.3, 0.4) is 0 Å². The minimum Gasteiger partial charge on any atom is -0.323 e. The van der Waals surface area contributed by atoms with Gasteiger partial charge < -0.3 is 5.73 Å². The molecule has 1 aliphatic carbocycles. The number of benzene rings is 1. The van der Waals surface area contributed by atoms with Crippen LogP contribution >= 0.6 is 0 Å². The molecular formula is C12H17N. The van der Waals surface area contributed by atoms with Gasteiger partial charge >= 0.3 is 0 Å². The summed E-state index contributed by atoms with van der Waals surface area (Å²) in [5, 5.41) is 0. The molecule has 0 saturated carbocycles. The first kappa shape index (κ1) is 8.76. The van der Waals surface area contributed by atoms with E-state index in [1.54, 1.807) is 0 Å². The minimum absolute atomic E-state index is 0.206. The summed E-state index contributed by atoms with van der Waals surface area (Å²) in [6.07, 6.45) is 2.38. The van der Waals surface area contributed by atoms with Crippen LogP contribution in [0.5, 0.6) is 0 Å². The molecule has 0 radical (unpaired) electrons. The van der Waals surface area contributed by atoms with Crippen LogP contribution < -0.4 is 5.73 Å². The van der Waals surface area contributed by atoms with Gasteiger partial charge in [-0.05, 0) is 29.4 Å². The van der Waals surface area contributed by atoms with Gasteiger partial charge in [0.2, 0.25) is 0 Å². The second-order valence-corrected chi connectivity index (χ2v) is 4.67. The zero-order chi connectivity index (χ0) is 9.47. The van der Waals surface area contributed by atoms with Crippen LogP contribution in [0.1, 0.15) is 37.4 Å². The van der Waals surface area contributed by atoms with Crippen molar-refractivity contribution in [2.45, 2.75) is 32.7 Å². The van der Waals surface area contributed by atoms with E-state index < -0.39 is 0 Å². The fraction of sp³-hybridized carbons (Fsp3) is 0.500. The van der Waals surface area contributed by atoms with E-state index in [4.69, 9.17) is 5.73 Å². The molecule has 2 rings (SSSR count). The van der Waals surface area contributed by atoms with Gasteiger partial charge in [-0.2, -0.15) is 0 Å². The van der Waals surface area contributed by atoms with Crippen LogP contribution in [0.2, 0.25) is 0 Å². The van der Waals surface area contributed by atoms with Gasteiger partial charge in [0.25, 0.3) is 0 Å². The zero-order valence-electron chi connectivity index (χ0n) is 8.38. The molecule has 0 bridgehead atoms. The molecule has 1 heteroatoms. The summed E-state index contributed by atoms with van der Waals surface area (Å²) in [5.41, 5.74) is 9.27. The zero-order valence-corrected chi connectivity index (χ0v) is 8.38. The van der Waals surface area contributed by atoms with Gasteiger partial charge in [0, 0.05) is 6.04 Å². The summed E-state index contributed by atoms with van der Waals surface area (Å²) < 4.78 is 0. The van der Waals surface area contributed by atoms with E-state index in [2.05, 4.69) is 38.1 Å². The molecule has 1 atom stereocenters. The van der Waals surface area contributed by atoms with E-state index in [0.29, 0.717) is 0 Å². The molecule has 0 saturated heterocycles. The summed E-state index contributed by atoms with van der Waals surface area (Å²) >= 11 is 0. The van der Waals surface area contributed by atoms with Gasteiger partial charge in [-0.25, -0.2) is 0 Å². The Kier molecular flexibility index (Phi) is 1.92. The Balaban J connectivity index is 2.45. The van der Waals surface area contributed by atoms with E-state index in [0.717, 1.165) is 0 Å². The lowest BCUT2D eigenvalue weighted by atomic mass is 9.71. The highest BCUT2D eigenvalue weighted by molar-refractivity contribution is 5.33. The van der Waals surface area contributed by atoms with Crippen molar-refractivity contribution in [1.29, 1.82) is 0 Å². The number of aryl methyl sites for hydroxylation is 1. The largest absolute Gasteiger partial charge is 0.323 e. The number of rotatable bonds is 0. The highest BCUT2D eigenvalue weighted by Gasteiger charge is 2.32. The Morgan fingerprint density at radius 2 is 2.00 bits per heavy atom. The van der Waals surface area contributed by atoms with Crippen molar-refractivity contribution in [2.24, 2.45) is 11.1 Å². The number of hydrogen-bond acceptors (Lipinski definition) is 1. The van der Waals surface area contributed by atoms with Crippen LogP contribution in [0.15, 0.2) is 24.3 Å². The molecule has 0 fully saturated rings. The normalized spacial score (nSPS) is 25.3. The summed E-state index contributed by atoms with van der Waals surface area (Å²) in [6, 6.07) is 8.76. The van der Waals surface area contributed by atoms with Gasteiger partial charge in [0.1, 0.15) is 0 Å². The minimum atomic E-state index is 0.206. The Morgan fingerprint density at radius 3 is 2.77 bits per heavy atom. The molecule has 0 spiro atoms. The Hall–Kier alpha value is -0.820. The second kappa shape index (κ2) is 2.85. The predicted molar refractivity (Wildman–Crippen MR) is 55.5 cm³/mol. The maximum atomic E-state index is 6.22. The molecule has 0 heterocycles. The van der Waals surface area contributed by atoms with Crippen molar-refractivity contribution in [1.82, 2.24) is 0 Å². The monoisotopic (exact) mass is 175 g/mol. The van der Waals surface area contributed by atoms with Crippen LogP contribution in [0.25, 0.3) is 0 Å². The van der Waals surface area contributed by atoms with Crippen molar-refractivity contribution in [2.75, 3.05) is 0 Å². The third-order valence-electron chi connectivity index (χ3n) is 3.27. The molecule has 1 nitrogen and oxygen atoms in total. The average Bonchev–Trinajstić information content (AvgIpc) is 2.13. The van der Waals surface area contributed by atoms with Gasteiger partial charge in [0.15, 0.2) is 0 Å². The molecule has 1 aromatic rings. The molecule has 0 amide bonds. The van der Waals surface area contributed by atoms with Crippen molar-refractivity contribution in [3.63, 3.8) is 0 Å². The molecule has 0 unspecified atom stereocenters. The topological polar surface area (TPSA) is 26.0 Å². The van der Waals surface area contributed by atoms with Crippen LogP contribution in [-0.2, 0) is 6.42 Å². The number of nitrogens with two attached hydrogens (primary N) is 1. The van der Waals surface area contributed by atoms with Crippen molar-refractivity contribution in [3.8, 4) is 0 Å². The molecule has 1 aliphatic rings. The quantitative estimate of drug-likeness (QED) is 0.644. The molecule has 0 aliphatic heterocycles. The smallest absolute Gasteiger partial charge is 0.0349 e. The number of hydrogen-bond donors (Lipinski definition) is 1. The lowest BCUT2D eigenvalue weighted by molar-refractivity contribution is 0.249. The SMILES string of the molecule is CC1(C)CCc2ccccc2[C@@H]1N. The van der Waals surface area contributed by atoms with E-state index >= 15 is 0 Å². The third kappa shape index (κ3) is 1.37. The maximum Gasteiger partial charge on any atom is 0.0349 e. The Labute approximate surface area is 80.0 Å². The molecule has 2 N–H and O–H groups in total. The van der Waals surface area contributed by atoms with Gasteiger partial charge in [-0.3, -0.25) is 0 Å². The van der Waals surface area contributed by atoms with Crippen molar-refractivity contribution < 1.29 is 0 Å². The predicted octanol–water partition coefficient (Wildman–Crippen LogP) is 2.66. The molecule has 0 aromatic heterocycles. The molecule has 1 aromatic carbocycles. The highest BCUT2D eigenvalue weighted by atomic mass is 14.7. The van der Waals surface area contributed by atoms with Crippen LogP contribution in [0, 0.1) is 5.41 Å². The molecular weight excluding hydrogens is 158 g/mol. The van der Waals surface area contributed by atoms with E-state index in [-0.39, 0.29) is 11.5 Å². The lowest BCUT2D eigenvalue weighted by Gasteiger charge is -2.37. The summed E-state index contributed by atoms with van der Waals surface area (Å²) in [4.78, 5) is 0. The second-order valence-electron chi connectivity index (χ2n) is 4.67. The van der Waals surface area contributed by atoms with Gasteiger partial charge in [-0.1, -0.05) is 38.1 Å². The van der Waals surface area contributed by atoms with Crippen molar-refractivity contribution in [3.05, 3.63) is 35.4 Å². The highest BCUT2D eigenvalue weighted by Crippen LogP contribution is 2.41. The number of fused-ring (bicyclic) bond motifs is 1. The van der Waals surface area contributed by atoms with Crippen LogP contribution in [-0.4, -0.2) is 0 Å². The third-order valence-corrected chi connectivity index (χ3v) is 3.27. The van der Waals surface area contributed by atoms with Gasteiger partial charge in [0.05, 0.1) is 0 Å². The lowest BCUT2D eigenvalue weighted by Crippen LogP contribution is -2.33. The Morgan fingerprint density at radius 1 is 1.31 bits per heavy atom. The fourth-order valence-corrected chi connectivity index (χ4v) is 2.10. The first-order valence-corrected chi connectivity index (χ1v) is 4.95. The van der Waals surface area contributed by atoms with Gasteiger partial charge in [-0.15, -0.1) is 0 Å². The standard InChI is InChI=1S/C12H17N/c1-12(2)8-7-9-5-3-4-6-10(9)11(12)13/h3-6,11H,7-8,13H2,1-2H3/t11-/m0/s1. The van der Waals surface area contributed by atoms with E-state index in [9.17, 15) is 0 Å². The van der Waals surface area contributed by atoms with E-state index in [1.807, 2.05) is 0 Å². The summed E-state index contributed by atoms with van der Waals surface area (Å²) in [6.45, 7) is 4.52. The van der Waals surface area contributed by atoms with E-state index in [1.165, 1.54) is 24.0 Å². The van der Waals surface area contributed by atoms with Crippen molar-refractivity contribution >= 4 is 0 Å². The Bertz CT molecular complexity index is 315. The first-order valence-electron chi connectivity index (χ1n) is 4.95. The summed E-state index contributed by atoms with van der Waals surface area (Å²) in [7, 11) is 0. The van der Waals surface area contributed by atoms with Crippen LogP contribution in [0.4, 0.5) is 0 Å². The molecule has 13 heavy (non-hydrogen) atoms. The first-order chi connectivity index (χ1) is 6.11.